The molecule has 76 heavy (non-hydrogen) atoms. The van der Waals surface area contributed by atoms with E-state index in [1.54, 1.807) is 55.9 Å². The Kier molecular flexibility index (Phi) is 13.9. The molecule has 10 aromatic rings. The van der Waals surface area contributed by atoms with Crippen LogP contribution >= 0.6 is 15.9 Å². The van der Waals surface area contributed by atoms with Gasteiger partial charge >= 0.3 is 14.0 Å². The first kappa shape index (κ1) is 51.7. The van der Waals surface area contributed by atoms with E-state index >= 15 is 0 Å². The number of nitrogens with zero attached hydrogens (tertiary/aromatic N) is 18. The van der Waals surface area contributed by atoms with E-state index in [-0.39, 0.29) is 28.2 Å². The average Bonchev–Trinajstić information content (AvgIpc) is 4.27. The Morgan fingerprint density at radius 2 is 0.908 bits per heavy atom. The van der Waals surface area contributed by atoms with Gasteiger partial charge in [-0.05, 0) is 94.6 Å². The van der Waals surface area contributed by atoms with E-state index in [0.717, 1.165) is 43.5 Å². The van der Waals surface area contributed by atoms with Crippen LogP contribution in [0.5, 0.6) is 5.75 Å². The van der Waals surface area contributed by atoms with E-state index in [2.05, 4.69) is 81.6 Å². The fraction of sp³-hybridized carbons (Fsp3) is 0.320. The fourth-order valence-corrected chi connectivity index (χ4v) is 8.21. The third-order valence-corrected chi connectivity index (χ3v) is 13.9. The number of aromatic hydroxyl groups is 1. The minimum atomic E-state index is -0.476. The summed E-state index contributed by atoms with van der Waals surface area (Å²) in [7, 11) is 2.77. The summed E-state index contributed by atoms with van der Waals surface area (Å²) in [5.41, 5.74) is 7.77. The zero-order valence-corrected chi connectivity index (χ0v) is 45.1. The minimum absolute atomic E-state index is 0.0296. The maximum absolute atomic E-state index is 9.37. The van der Waals surface area contributed by atoms with Crippen molar-refractivity contribution >= 4 is 52.5 Å². The van der Waals surface area contributed by atoms with Crippen LogP contribution in [0.25, 0.3) is 67.9 Å². The second kappa shape index (κ2) is 20.4. The number of aryl methyl sites for hydroxylation is 2. The molecule has 0 unspecified atom stereocenters. The van der Waals surface area contributed by atoms with Gasteiger partial charge in [0.1, 0.15) is 0 Å². The zero-order chi connectivity index (χ0) is 53.6. The molecule has 2 saturated heterocycles. The first-order valence-corrected chi connectivity index (χ1v) is 25.0. The lowest BCUT2D eigenvalue weighted by molar-refractivity contribution is 0.00578. The second-order valence-corrected chi connectivity index (χ2v) is 21.2. The highest BCUT2D eigenvalue weighted by Crippen LogP contribution is 2.43. The summed E-state index contributed by atoms with van der Waals surface area (Å²) in [6.45, 7) is 17.2. The molecule has 2 aromatic carbocycles. The molecule has 1 N–H and O–H groups in total. The normalized spacial score (nSPS) is 16.1. The van der Waals surface area contributed by atoms with Gasteiger partial charge in [0.2, 0.25) is 11.3 Å². The van der Waals surface area contributed by atoms with Gasteiger partial charge in [-0.15, -0.1) is 10.2 Å². The Morgan fingerprint density at radius 1 is 0.513 bits per heavy atom. The fourth-order valence-electron chi connectivity index (χ4n) is 8.00. The van der Waals surface area contributed by atoms with Crippen molar-refractivity contribution in [3.8, 4) is 51.0 Å². The zero-order valence-electron chi connectivity index (χ0n) is 43.5. The molecule has 0 atom stereocenters. The summed E-state index contributed by atoms with van der Waals surface area (Å²) in [6.07, 6.45) is 16.8. The largest absolute Gasteiger partial charge is 0.505 e. The van der Waals surface area contributed by atoms with Crippen LogP contribution in [0.2, 0.25) is 0 Å². The molecular formula is C50H53B2BrN18O5. The van der Waals surface area contributed by atoms with Gasteiger partial charge in [-0.2, -0.15) is 10.2 Å². The van der Waals surface area contributed by atoms with Crippen molar-refractivity contribution < 1.29 is 23.7 Å². The number of benzene rings is 2. The summed E-state index contributed by atoms with van der Waals surface area (Å²) in [5.74, 6) is 1.23. The molecular weight excluding hydrogens is 1030 g/mol. The monoisotopic (exact) mass is 1090 g/mol. The Labute approximate surface area is 445 Å². The predicted molar refractivity (Wildman–Crippen MR) is 285 cm³/mol. The summed E-state index contributed by atoms with van der Waals surface area (Å²) in [6, 6.07) is 15.8. The average molecular weight is 1090 g/mol. The molecule has 12 rings (SSSR count). The van der Waals surface area contributed by atoms with E-state index in [9.17, 15) is 5.11 Å². The lowest BCUT2D eigenvalue weighted by atomic mass is 9.49. The number of hydrogen-bond donors (Lipinski definition) is 1. The second-order valence-electron chi connectivity index (χ2n) is 20.2. The van der Waals surface area contributed by atoms with Crippen LogP contribution in [0.1, 0.15) is 66.5 Å². The van der Waals surface area contributed by atoms with Gasteiger partial charge in [-0.25, -0.2) is 49.2 Å². The van der Waals surface area contributed by atoms with Crippen molar-refractivity contribution in [2.24, 2.45) is 14.1 Å². The Bertz CT molecular complexity index is 3410. The maximum Gasteiger partial charge on any atom is 0.488 e. The molecule has 26 heteroatoms. The van der Waals surface area contributed by atoms with Crippen LogP contribution in [0.4, 0.5) is 0 Å². The van der Waals surface area contributed by atoms with Crippen molar-refractivity contribution in [2.45, 2.75) is 90.9 Å². The van der Waals surface area contributed by atoms with Gasteiger partial charge in [0, 0.05) is 61.1 Å². The van der Waals surface area contributed by atoms with Gasteiger partial charge in [0.15, 0.2) is 28.7 Å². The van der Waals surface area contributed by atoms with E-state index in [1.807, 2.05) is 130 Å². The first-order chi connectivity index (χ1) is 36.2. The molecule has 0 saturated carbocycles. The topological polar surface area (TPSA) is 257 Å². The van der Waals surface area contributed by atoms with E-state index in [1.165, 1.54) is 12.4 Å². The Morgan fingerprint density at radius 3 is 1.29 bits per heavy atom. The van der Waals surface area contributed by atoms with Crippen LogP contribution in [0, 0.1) is 0 Å². The predicted octanol–water partition coefficient (Wildman–Crippen LogP) is 6.97. The lowest BCUT2D eigenvalue weighted by Gasteiger charge is -2.32. The van der Waals surface area contributed by atoms with Gasteiger partial charge in [0.25, 0.3) is 0 Å². The van der Waals surface area contributed by atoms with Crippen LogP contribution < -0.4 is 0 Å². The van der Waals surface area contributed by atoms with E-state index in [0.29, 0.717) is 53.0 Å². The smallest absolute Gasteiger partial charge is 0.488 e. The molecule has 0 bridgehead atoms. The van der Waals surface area contributed by atoms with Gasteiger partial charge < -0.3 is 23.7 Å². The Hall–Kier alpha value is -7.77. The molecule has 2 aliphatic heterocycles. The van der Waals surface area contributed by atoms with E-state index in [4.69, 9.17) is 23.6 Å². The lowest BCUT2D eigenvalue weighted by Crippen LogP contribution is -2.41. The van der Waals surface area contributed by atoms with Gasteiger partial charge in [-0.1, -0.05) is 46.8 Å². The van der Waals surface area contributed by atoms with Crippen molar-refractivity contribution in [3.05, 3.63) is 126 Å². The minimum Gasteiger partial charge on any atom is -0.505 e. The highest BCUT2D eigenvalue weighted by atomic mass is 79.9. The summed E-state index contributed by atoms with van der Waals surface area (Å²) in [5, 5.41) is 34.4. The van der Waals surface area contributed by atoms with Crippen molar-refractivity contribution in [3.63, 3.8) is 0 Å². The molecule has 386 valence electrons. The highest BCUT2D eigenvalue weighted by Gasteiger charge is 2.63. The SMILES string of the molecule is CC1(C)OB(B2OC(C)(C)C(C)(C)O2)OC1(C)C.Cn1cc(-c2cnc3nnn(Cc4cccc(-c5ncc(Br)cn5)c4)c3n2)cn1.Cn1cc(-c2cnc3nnn(Cc4cccc(-c5ncc(O)cn5)c4)c3n2)cn1. The van der Waals surface area contributed by atoms with Crippen molar-refractivity contribution in [2.75, 3.05) is 0 Å². The molecule has 2 aliphatic rings. The molecule has 0 aliphatic carbocycles. The van der Waals surface area contributed by atoms with E-state index < -0.39 is 14.0 Å². The number of fused-ring (bicyclic) bond motifs is 2. The molecule has 23 nitrogen and oxygen atoms in total. The third kappa shape index (κ3) is 11.0. The van der Waals surface area contributed by atoms with Crippen LogP contribution in [-0.2, 0) is 45.8 Å². The highest BCUT2D eigenvalue weighted by molar-refractivity contribution is 9.10. The van der Waals surface area contributed by atoms with Crippen LogP contribution in [0.15, 0.2) is 115 Å². The number of rotatable bonds is 9. The molecule has 8 aromatic heterocycles. The molecule has 0 spiro atoms. The number of aromatic nitrogens is 18. The van der Waals surface area contributed by atoms with Gasteiger partial charge in [0.05, 0.1) is 88.5 Å². The number of halogens is 1. The quantitative estimate of drug-likeness (QED) is 0.143. The standard InChI is InChI=1S/C19H14BrN9.C19H15N9O.C12H24B2O4/c1-28-11-14(6-24-28)16-9-23-18-19(25-16)29(27-26-18)10-12-3-2-4-13(5-12)17-21-7-15(20)8-22-17;1-27-11-14(6-23-27)16-9-22-18-19(24-16)28(26-25-18)10-12-3-2-4-13(5-12)17-20-7-15(29)8-21-17;1-9(2)10(3,4)16-13(15-9)14-17-11(5,6)12(7,8)18-14/h2-9,11H,10H2,1H3;2-9,11,29H,10H2,1H3;1-8H3. The third-order valence-electron chi connectivity index (χ3n) is 13.5. The first-order valence-electron chi connectivity index (χ1n) is 24.2. The van der Waals surface area contributed by atoms with Crippen LogP contribution in [0.3, 0.4) is 0 Å². The molecule has 0 amide bonds. The van der Waals surface area contributed by atoms with Crippen molar-refractivity contribution in [1.29, 1.82) is 0 Å². The molecule has 0 radical (unpaired) electrons. The summed E-state index contributed by atoms with van der Waals surface area (Å²) >= 11 is 3.36. The Balaban J connectivity index is 0.000000134. The van der Waals surface area contributed by atoms with Crippen molar-refractivity contribution in [1.82, 2.24) is 89.4 Å². The van der Waals surface area contributed by atoms with Crippen LogP contribution in [-0.4, -0.2) is 131 Å². The van der Waals surface area contributed by atoms with Gasteiger partial charge in [-0.3, -0.25) is 9.36 Å². The maximum atomic E-state index is 9.37. The molecule has 10 heterocycles. The summed E-state index contributed by atoms with van der Waals surface area (Å²) in [4.78, 5) is 35.2. The number of hydrogen-bond acceptors (Lipinski definition) is 19. The summed E-state index contributed by atoms with van der Waals surface area (Å²) < 4.78 is 31.6. The molecule has 2 fully saturated rings.